The predicted octanol–water partition coefficient (Wildman–Crippen LogP) is 2.15. The van der Waals surface area contributed by atoms with E-state index in [4.69, 9.17) is 4.74 Å². The zero-order chi connectivity index (χ0) is 11.2. The quantitative estimate of drug-likeness (QED) is 0.561. The highest BCUT2D eigenvalue weighted by Gasteiger charge is 1.96. The van der Waals surface area contributed by atoms with Gasteiger partial charge in [-0.05, 0) is 30.3 Å². The fraction of sp³-hybridized carbons (Fsp3) is 0. The molecule has 2 heteroatoms. The van der Waals surface area contributed by atoms with Gasteiger partial charge in [0.2, 0.25) is 0 Å². The Morgan fingerprint density at radius 2 is 1.62 bits per heavy atom. The Morgan fingerprint density at radius 3 is 2.38 bits per heavy atom. The summed E-state index contributed by atoms with van der Waals surface area (Å²) in [4.78, 5) is 0. The molecule has 0 bridgehead atoms. The monoisotopic (exact) mass is 224 g/mol. The second-order valence-electron chi connectivity index (χ2n) is 3.32. The zero-order valence-corrected chi connectivity index (χ0v) is 11.1. The van der Waals surface area contributed by atoms with Crippen LogP contribution in [0.3, 0.4) is 0 Å². The van der Waals surface area contributed by atoms with Crippen molar-refractivity contribution in [1.82, 2.24) is 0 Å². The van der Waals surface area contributed by atoms with Gasteiger partial charge in [0.15, 0.2) is 0 Å². The first-order valence-corrected chi connectivity index (χ1v) is 6.14. The van der Waals surface area contributed by atoms with Gasteiger partial charge in [-0.3, -0.25) is 0 Å². The molecule has 0 saturated heterocycles. The highest BCUT2D eigenvalue weighted by Crippen LogP contribution is 2.21. The molecule has 0 N–H and O–H groups in total. The van der Waals surface area contributed by atoms with Crippen molar-refractivity contribution in [3.8, 4) is 23.0 Å². The summed E-state index contributed by atoms with van der Waals surface area (Å²) in [5.74, 6) is 4.74. The van der Waals surface area contributed by atoms with Gasteiger partial charge in [-0.25, -0.2) is 0 Å². The first-order chi connectivity index (χ1) is 7.88. The molecule has 0 fully saturated rings. The second-order valence-corrected chi connectivity index (χ2v) is 3.82. The number of benzene rings is 2. The summed E-state index contributed by atoms with van der Waals surface area (Å²) in [5, 5.41) is 0. The Morgan fingerprint density at radius 1 is 0.875 bits per heavy atom. The number of hydrogen-bond acceptors (Lipinski definition) is 1. The van der Waals surface area contributed by atoms with Crippen molar-refractivity contribution in [2.45, 2.75) is 0 Å². The molecule has 78 valence electrons. The lowest BCUT2D eigenvalue weighted by Crippen LogP contribution is -1.84. The Labute approximate surface area is 98.5 Å². The van der Waals surface area contributed by atoms with Crippen LogP contribution in [0.2, 0.25) is 0 Å². The van der Waals surface area contributed by atoms with Crippen molar-refractivity contribution >= 4 is 10.2 Å². The van der Waals surface area contributed by atoms with E-state index in [9.17, 15) is 0 Å². The SMILES string of the molecule is [SiH3]C#Cc1cccc(Oc2ccccc2)c1. The molecule has 0 amide bonds. The van der Waals surface area contributed by atoms with E-state index in [-0.39, 0.29) is 0 Å². The van der Waals surface area contributed by atoms with Crippen molar-refractivity contribution in [3.63, 3.8) is 0 Å². The van der Waals surface area contributed by atoms with Gasteiger partial charge in [-0.2, -0.15) is 0 Å². The van der Waals surface area contributed by atoms with E-state index in [1.807, 2.05) is 54.6 Å². The predicted molar refractivity (Wildman–Crippen MR) is 69.8 cm³/mol. The number of hydrogen-bond donors (Lipinski definition) is 0. The standard InChI is InChI=1S/C14H12OSi/c16-10-9-12-5-4-8-14(11-12)15-13-6-2-1-3-7-13/h1-8,11H,16H3. The van der Waals surface area contributed by atoms with Crippen molar-refractivity contribution in [2.75, 3.05) is 0 Å². The first-order valence-electron chi connectivity index (χ1n) is 5.14. The van der Waals surface area contributed by atoms with E-state index in [0.717, 1.165) is 27.3 Å². The van der Waals surface area contributed by atoms with Crippen LogP contribution in [0.4, 0.5) is 0 Å². The van der Waals surface area contributed by atoms with Crippen LogP contribution in [-0.2, 0) is 0 Å². The number of para-hydroxylation sites is 1. The third-order valence-corrected chi connectivity index (χ3v) is 2.33. The molecule has 0 heterocycles. The van der Waals surface area contributed by atoms with Crippen LogP contribution in [0.15, 0.2) is 54.6 Å². The number of rotatable bonds is 2. The fourth-order valence-electron chi connectivity index (χ4n) is 1.41. The maximum atomic E-state index is 5.71. The molecule has 0 radical (unpaired) electrons. The molecule has 16 heavy (non-hydrogen) atoms. The third kappa shape index (κ3) is 2.75. The van der Waals surface area contributed by atoms with Crippen molar-refractivity contribution in [3.05, 3.63) is 60.2 Å². The molecule has 0 unspecified atom stereocenters. The van der Waals surface area contributed by atoms with Gasteiger partial charge in [0, 0.05) is 5.56 Å². The summed E-state index contributed by atoms with van der Waals surface area (Å²) < 4.78 is 5.71. The van der Waals surface area contributed by atoms with E-state index in [2.05, 4.69) is 11.5 Å². The summed E-state index contributed by atoms with van der Waals surface area (Å²) in [6.07, 6.45) is 0. The van der Waals surface area contributed by atoms with Gasteiger partial charge in [0.25, 0.3) is 0 Å². The third-order valence-electron chi connectivity index (χ3n) is 2.08. The summed E-state index contributed by atoms with van der Waals surface area (Å²) in [6, 6.07) is 17.6. The molecule has 2 aromatic rings. The van der Waals surface area contributed by atoms with Gasteiger partial charge in [0.1, 0.15) is 11.5 Å². The smallest absolute Gasteiger partial charge is 0.128 e. The minimum Gasteiger partial charge on any atom is -0.457 e. The molecule has 0 aliphatic carbocycles. The Kier molecular flexibility index (Phi) is 3.42. The molecule has 0 aromatic heterocycles. The average Bonchev–Trinajstić information content (AvgIpc) is 2.31. The van der Waals surface area contributed by atoms with E-state index >= 15 is 0 Å². The fourth-order valence-corrected chi connectivity index (χ4v) is 1.69. The second kappa shape index (κ2) is 5.20. The molecule has 1 nitrogen and oxygen atoms in total. The van der Waals surface area contributed by atoms with Crippen molar-refractivity contribution in [2.24, 2.45) is 0 Å². The van der Waals surface area contributed by atoms with E-state index < -0.39 is 0 Å². The summed E-state index contributed by atoms with van der Waals surface area (Å²) >= 11 is 0. The Balaban J connectivity index is 2.21. The molecule has 0 atom stereocenters. The van der Waals surface area contributed by atoms with Crippen LogP contribution < -0.4 is 4.74 Å². The van der Waals surface area contributed by atoms with Crippen molar-refractivity contribution < 1.29 is 4.74 Å². The number of ether oxygens (including phenoxy) is 1. The van der Waals surface area contributed by atoms with Crippen LogP contribution in [0, 0.1) is 11.5 Å². The lowest BCUT2D eigenvalue weighted by Gasteiger charge is -2.05. The summed E-state index contributed by atoms with van der Waals surface area (Å²) in [7, 11) is 0.897. The molecule has 0 aliphatic rings. The average molecular weight is 224 g/mol. The molecule has 0 aliphatic heterocycles. The van der Waals surface area contributed by atoms with Crippen LogP contribution in [0.25, 0.3) is 0 Å². The zero-order valence-electron chi connectivity index (χ0n) is 9.10. The van der Waals surface area contributed by atoms with Gasteiger partial charge < -0.3 is 4.74 Å². The van der Waals surface area contributed by atoms with Crippen LogP contribution >= 0.6 is 0 Å². The maximum absolute atomic E-state index is 5.71. The normalized spacial score (nSPS) is 9.25. The van der Waals surface area contributed by atoms with E-state index in [1.54, 1.807) is 0 Å². The van der Waals surface area contributed by atoms with Crippen LogP contribution in [0.5, 0.6) is 11.5 Å². The molecule has 0 spiro atoms. The highest BCUT2D eigenvalue weighted by atomic mass is 28.1. The first kappa shape index (κ1) is 10.5. The maximum Gasteiger partial charge on any atom is 0.128 e. The Hall–Kier alpha value is -1.98. The minimum absolute atomic E-state index is 0.827. The lowest BCUT2D eigenvalue weighted by atomic mass is 10.2. The molecule has 2 rings (SSSR count). The minimum atomic E-state index is 0.827. The molecule has 2 aromatic carbocycles. The Bertz CT molecular complexity index is 523. The van der Waals surface area contributed by atoms with Crippen LogP contribution in [-0.4, -0.2) is 10.2 Å². The van der Waals surface area contributed by atoms with Gasteiger partial charge in [-0.1, -0.05) is 30.2 Å². The largest absolute Gasteiger partial charge is 0.457 e. The highest BCUT2D eigenvalue weighted by molar-refractivity contribution is 6.22. The van der Waals surface area contributed by atoms with Gasteiger partial charge >= 0.3 is 0 Å². The van der Waals surface area contributed by atoms with E-state index in [1.165, 1.54) is 0 Å². The van der Waals surface area contributed by atoms with Crippen LogP contribution in [0.1, 0.15) is 5.56 Å². The lowest BCUT2D eigenvalue weighted by molar-refractivity contribution is 0.482. The topological polar surface area (TPSA) is 9.23 Å². The van der Waals surface area contributed by atoms with Gasteiger partial charge in [0.05, 0.1) is 10.2 Å². The summed E-state index contributed by atoms with van der Waals surface area (Å²) in [5.41, 5.74) is 4.01. The summed E-state index contributed by atoms with van der Waals surface area (Å²) in [6.45, 7) is 0. The van der Waals surface area contributed by atoms with E-state index in [0.29, 0.717) is 0 Å². The van der Waals surface area contributed by atoms with Crippen molar-refractivity contribution in [1.29, 1.82) is 0 Å². The molecule has 0 saturated carbocycles. The van der Waals surface area contributed by atoms with Gasteiger partial charge in [-0.15, -0.1) is 5.54 Å². The molecular formula is C14H12OSi. The molecular weight excluding hydrogens is 212 g/mol.